The van der Waals surface area contributed by atoms with Gasteiger partial charge in [0.15, 0.2) is 0 Å². The van der Waals surface area contributed by atoms with E-state index in [-0.39, 0.29) is 0 Å². The highest BCUT2D eigenvalue weighted by atomic mass is 16.3. The van der Waals surface area contributed by atoms with Crippen LogP contribution in [0.3, 0.4) is 0 Å². The van der Waals surface area contributed by atoms with Crippen molar-refractivity contribution in [1.29, 1.82) is 0 Å². The highest BCUT2D eigenvalue weighted by Gasteiger charge is 2.10. The quantitative estimate of drug-likeness (QED) is 0.868. The maximum Gasteiger partial charge on any atom is 0.115 e. The van der Waals surface area contributed by atoms with E-state index in [1.54, 1.807) is 12.1 Å². The summed E-state index contributed by atoms with van der Waals surface area (Å²) in [6.45, 7) is 5.03. The second kappa shape index (κ2) is 5.89. The molecule has 4 heteroatoms. The Labute approximate surface area is 114 Å². The van der Waals surface area contributed by atoms with E-state index >= 15 is 0 Å². The zero-order chi connectivity index (χ0) is 13.8. The molecule has 19 heavy (non-hydrogen) atoms. The van der Waals surface area contributed by atoms with Crippen LogP contribution in [-0.4, -0.2) is 14.9 Å². The smallest absolute Gasteiger partial charge is 0.115 e. The molecule has 0 aliphatic carbocycles. The Morgan fingerprint density at radius 2 is 2.00 bits per heavy atom. The van der Waals surface area contributed by atoms with Gasteiger partial charge in [0.1, 0.15) is 5.75 Å². The van der Waals surface area contributed by atoms with E-state index in [1.165, 1.54) is 16.8 Å². The fourth-order valence-corrected chi connectivity index (χ4v) is 2.16. The molecule has 4 nitrogen and oxygen atoms in total. The van der Waals surface area contributed by atoms with Crippen LogP contribution in [0.1, 0.15) is 36.2 Å². The van der Waals surface area contributed by atoms with Crippen LogP contribution in [0, 0.1) is 6.92 Å². The molecule has 102 valence electrons. The Morgan fingerprint density at radius 3 is 2.53 bits per heavy atom. The average Bonchev–Trinajstić information content (AvgIpc) is 2.73. The van der Waals surface area contributed by atoms with Crippen LogP contribution in [0.25, 0.3) is 0 Å². The number of hydrogen-bond donors (Lipinski definition) is 2. The molecule has 0 saturated carbocycles. The summed E-state index contributed by atoms with van der Waals surface area (Å²) in [6.07, 6.45) is 2.91. The van der Waals surface area contributed by atoms with Gasteiger partial charge in [-0.2, -0.15) is 5.10 Å². The van der Waals surface area contributed by atoms with E-state index in [1.807, 2.05) is 30.1 Å². The molecule has 2 aromatic rings. The zero-order valence-electron chi connectivity index (χ0n) is 11.7. The Morgan fingerprint density at radius 1 is 1.32 bits per heavy atom. The number of nitrogens with zero attached hydrogens (tertiary/aromatic N) is 2. The molecule has 0 fully saturated rings. The number of nitrogens with one attached hydrogen (secondary N) is 1. The lowest BCUT2D eigenvalue weighted by Gasteiger charge is -2.17. The first-order chi connectivity index (χ1) is 9.11. The number of hydrogen-bond acceptors (Lipinski definition) is 3. The van der Waals surface area contributed by atoms with Crippen molar-refractivity contribution in [2.75, 3.05) is 0 Å². The van der Waals surface area contributed by atoms with Crippen molar-refractivity contribution in [2.24, 2.45) is 7.05 Å². The molecule has 0 bridgehead atoms. The van der Waals surface area contributed by atoms with Crippen molar-refractivity contribution >= 4 is 0 Å². The molecule has 1 atom stereocenters. The number of aromatic hydroxyl groups is 1. The van der Waals surface area contributed by atoms with Gasteiger partial charge in [0.25, 0.3) is 0 Å². The monoisotopic (exact) mass is 259 g/mol. The van der Waals surface area contributed by atoms with Crippen LogP contribution in [0.2, 0.25) is 0 Å². The molecule has 2 rings (SSSR count). The lowest BCUT2D eigenvalue weighted by molar-refractivity contribution is 0.473. The minimum atomic E-state index is 0.292. The molecule has 0 aliphatic heterocycles. The summed E-state index contributed by atoms with van der Waals surface area (Å²) >= 11 is 0. The second-order valence-corrected chi connectivity index (χ2v) is 4.81. The third kappa shape index (κ3) is 3.15. The normalized spacial score (nSPS) is 12.6. The van der Waals surface area contributed by atoms with Gasteiger partial charge in [-0.1, -0.05) is 19.1 Å². The lowest BCUT2D eigenvalue weighted by atomic mass is 10.0. The van der Waals surface area contributed by atoms with Crippen molar-refractivity contribution in [3.05, 3.63) is 47.3 Å². The first-order valence-electron chi connectivity index (χ1n) is 6.61. The Kier molecular flexibility index (Phi) is 4.22. The third-order valence-electron chi connectivity index (χ3n) is 3.58. The molecule has 0 saturated heterocycles. The predicted octanol–water partition coefficient (Wildman–Crippen LogP) is 2.68. The fraction of sp³-hybridized carbons (Fsp3) is 0.400. The number of benzene rings is 1. The number of phenols is 1. The topological polar surface area (TPSA) is 50.1 Å². The number of phenolic OH excluding ortho intramolecular Hbond substituents is 1. The Balaban J connectivity index is 2.03. The first-order valence-corrected chi connectivity index (χ1v) is 6.61. The highest BCUT2D eigenvalue weighted by molar-refractivity contribution is 5.28. The van der Waals surface area contributed by atoms with Gasteiger partial charge in [-0.15, -0.1) is 0 Å². The molecule has 1 aromatic heterocycles. The molecule has 2 N–H and O–H groups in total. The molecule has 0 amide bonds. The van der Waals surface area contributed by atoms with Crippen LogP contribution in [-0.2, 0) is 13.6 Å². The summed E-state index contributed by atoms with van der Waals surface area (Å²) in [6, 6.07) is 7.68. The van der Waals surface area contributed by atoms with Crippen molar-refractivity contribution in [1.82, 2.24) is 15.1 Å². The van der Waals surface area contributed by atoms with E-state index in [2.05, 4.69) is 24.3 Å². The summed E-state index contributed by atoms with van der Waals surface area (Å²) in [4.78, 5) is 0. The third-order valence-corrected chi connectivity index (χ3v) is 3.58. The van der Waals surface area contributed by atoms with E-state index in [0.29, 0.717) is 11.8 Å². The second-order valence-electron chi connectivity index (χ2n) is 4.81. The van der Waals surface area contributed by atoms with Gasteiger partial charge in [0, 0.05) is 30.9 Å². The van der Waals surface area contributed by atoms with Crippen LogP contribution in [0.5, 0.6) is 5.75 Å². The molecule has 0 spiro atoms. The van der Waals surface area contributed by atoms with Crippen LogP contribution in [0.4, 0.5) is 0 Å². The van der Waals surface area contributed by atoms with E-state index in [4.69, 9.17) is 0 Å². The molecule has 1 aromatic carbocycles. The van der Waals surface area contributed by atoms with Gasteiger partial charge in [-0.05, 0) is 31.0 Å². The van der Waals surface area contributed by atoms with E-state index < -0.39 is 0 Å². The number of aryl methyl sites for hydroxylation is 1. The van der Waals surface area contributed by atoms with Gasteiger partial charge in [-0.25, -0.2) is 0 Å². The van der Waals surface area contributed by atoms with Crippen LogP contribution < -0.4 is 5.32 Å². The maximum atomic E-state index is 9.33. The summed E-state index contributed by atoms with van der Waals surface area (Å²) in [7, 11) is 1.95. The Hall–Kier alpha value is -1.81. The van der Waals surface area contributed by atoms with Gasteiger partial charge in [0.05, 0.1) is 6.20 Å². The number of aromatic nitrogens is 2. The lowest BCUT2D eigenvalue weighted by Crippen LogP contribution is -2.20. The largest absolute Gasteiger partial charge is 0.508 e. The molecule has 0 radical (unpaired) electrons. The van der Waals surface area contributed by atoms with Crippen LogP contribution >= 0.6 is 0 Å². The molecule has 1 heterocycles. The van der Waals surface area contributed by atoms with E-state index in [0.717, 1.165) is 13.0 Å². The summed E-state index contributed by atoms with van der Waals surface area (Å²) in [5, 5.41) is 17.1. The van der Waals surface area contributed by atoms with Crippen molar-refractivity contribution in [3.8, 4) is 5.75 Å². The van der Waals surface area contributed by atoms with Crippen molar-refractivity contribution in [2.45, 2.75) is 32.9 Å². The maximum absolute atomic E-state index is 9.33. The average molecular weight is 259 g/mol. The molecular weight excluding hydrogens is 238 g/mol. The minimum absolute atomic E-state index is 0.292. The van der Waals surface area contributed by atoms with Crippen molar-refractivity contribution < 1.29 is 5.11 Å². The first kappa shape index (κ1) is 13.6. The van der Waals surface area contributed by atoms with Crippen LogP contribution in [0.15, 0.2) is 30.5 Å². The predicted molar refractivity (Wildman–Crippen MR) is 75.9 cm³/mol. The van der Waals surface area contributed by atoms with Gasteiger partial charge < -0.3 is 10.4 Å². The Bertz CT molecular complexity index is 531. The molecule has 1 unspecified atom stereocenters. The van der Waals surface area contributed by atoms with E-state index in [9.17, 15) is 5.11 Å². The molecule has 0 aliphatic rings. The summed E-state index contributed by atoms with van der Waals surface area (Å²) < 4.78 is 1.89. The number of rotatable bonds is 5. The standard InChI is InChI=1S/C15H21N3O/c1-4-15(12-5-7-14(19)8-6-12)16-9-13-10-17-18(3)11(13)2/h5-8,10,15-16,19H,4,9H2,1-3H3. The minimum Gasteiger partial charge on any atom is -0.508 e. The van der Waals surface area contributed by atoms with Gasteiger partial charge in [0.2, 0.25) is 0 Å². The molecular formula is C15H21N3O. The summed E-state index contributed by atoms with van der Waals surface area (Å²) in [5.41, 5.74) is 3.61. The zero-order valence-corrected chi connectivity index (χ0v) is 11.7. The SMILES string of the molecule is CCC(NCc1cnn(C)c1C)c1ccc(O)cc1. The summed E-state index contributed by atoms with van der Waals surface area (Å²) in [5.74, 6) is 0.307. The van der Waals surface area contributed by atoms with Crippen molar-refractivity contribution in [3.63, 3.8) is 0 Å². The fourth-order valence-electron chi connectivity index (χ4n) is 2.16. The highest BCUT2D eigenvalue weighted by Crippen LogP contribution is 2.20. The van der Waals surface area contributed by atoms with Gasteiger partial charge >= 0.3 is 0 Å². The van der Waals surface area contributed by atoms with Gasteiger partial charge in [-0.3, -0.25) is 4.68 Å².